The van der Waals surface area contributed by atoms with E-state index < -0.39 is 0 Å². The Morgan fingerprint density at radius 2 is 2.00 bits per heavy atom. The average molecular weight is 271 g/mol. The highest BCUT2D eigenvalue weighted by Crippen LogP contribution is 2.25. The van der Waals surface area contributed by atoms with Crippen molar-refractivity contribution in [2.75, 3.05) is 13.2 Å². The summed E-state index contributed by atoms with van der Waals surface area (Å²) in [5.41, 5.74) is 1.09. The smallest absolute Gasteiger partial charge is 0.289 e. The lowest BCUT2D eigenvalue weighted by molar-refractivity contribution is -0.0495. The van der Waals surface area contributed by atoms with Gasteiger partial charge < -0.3 is 14.1 Å². The summed E-state index contributed by atoms with van der Waals surface area (Å²) >= 11 is 0. The number of furan rings is 1. The molecule has 1 amide bonds. The fourth-order valence-corrected chi connectivity index (χ4v) is 2.45. The Labute approximate surface area is 118 Å². The van der Waals surface area contributed by atoms with E-state index in [9.17, 15) is 4.79 Å². The van der Waals surface area contributed by atoms with E-state index >= 15 is 0 Å². The van der Waals surface area contributed by atoms with Crippen molar-refractivity contribution in [2.24, 2.45) is 0 Å². The second-order valence-electron chi connectivity index (χ2n) is 5.02. The van der Waals surface area contributed by atoms with Gasteiger partial charge in [-0.1, -0.05) is 30.3 Å². The van der Waals surface area contributed by atoms with Crippen LogP contribution in [0.1, 0.15) is 29.1 Å². The zero-order chi connectivity index (χ0) is 13.9. The van der Waals surface area contributed by atoms with Gasteiger partial charge in [-0.25, -0.2) is 0 Å². The molecule has 2 atom stereocenters. The molecule has 104 valence electrons. The van der Waals surface area contributed by atoms with E-state index in [1.165, 1.54) is 6.26 Å². The standard InChI is InChI=1S/C16H17NO3/c1-12-11-20-15(13-6-3-2-4-7-13)10-17(12)16(18)14-8-5-9-19-14/h2-9,12,15H,10-11H2,1H3. The van der Waals surface area contributed by atoms with Crippen molar-refractivity contribution in [2.45, 2.75) is 19.1 Å². The Kier molecular flexibility index (Phi) is 3.56. The van der Waals surface area contributed by atoms with Gasteiger partial charge in [0.25, 0.3) is 5.91 Å². The van der Waals surface area contributed by atoms with Crippen LogP contribution in [0.2, 0.25) is 0 Å². The van der Waals surface area contributed by atoms with Crippen LogP contribution in [0.15, 0.2) is 53.1 Å². The van der Waals surface area contributed by atoms with Gasteiger partial charge >= 0.3 is 0 Å². The fourth-order valence-electron chi connectivity index (χ4n) is 2.45. The van der Waals surface area contributed by atoms with E-state index in [-0.39, 0.29) is 18.1 Å². The number of nitrogens with zero attached hydrogens (tertiary/aromatic N) is 1. The van der Waals surface area contributed by atoms with Crippen molar-refractivity contribution in [1.82, 2.24) is 4.90 Å². The minimum Gasteiger partial charge on any atom is -0.459 e. The topological polar surface area (TPSA) is 42.7 Å². The van der Waals surface area contributed by atoms with Crippen LogP contribution in [0.4, 0.5) is 0 Å². The molecule has 1 aliphatic heterocycles. The average Bonchev–Trinajstić information content (AvgIpc) is 3.02. The number of rotatable bonds is 2. The van der Waals surface area contributed by atoms with Crippen LogP contribution in [0, 0.1) is 0 Å². The summed E-state index contributed by atoms with van der Waals surface area (Å²) in [5.74, 6) is 0.303. The zero-order valence-corrected chi connectivity index (χ0v) is 11.4. The molecule has 0 saturated carbocycles. The van der Waals surface area contributed by atoms with Gasteiger partial charge in [0.2, 0.25) is 0 Å². The maximum absolute atomic E-state index is 12.4. The van der Waals surface area contributed by atoms with E-state index in [4.69, 9.17) is 9.15 Å². The maximum atomic E-state index is 12.4. The van der Waals surface area contributed by atoms with Gasteiger partial charge in [-0.3, -0.25) is 4.79 Å². The van der Waals surface area contributed by atoms with Gasteiger partial charge in [0.15, 0.2) is 5.76 Å². The van der Waals surface area contributed by atoms with Crippen molar-refractivity contribution in [1.29, 1.82) is 0 Å². The van der Waals surface area contributed by atoms with Crippen LogP contribution in [0.25, 0.3) is 0 Å². The number of carbonyl (C=O) groups excluding carboxylic acids is 1. The first-order valence-corrected chi connectivity index (χ1v) is 6.76. The summed E-state index contributed by atoms with van der Waals surface area (Å²) < 4.78 is 11.1. The maximum Gasteiger partial charge on any atom is 0.289 e. The molecule has 0 aliphatic carbocycles. The quantitative estimate of drug-likeness (QED) is 0.843. The lowest BCUT2D eigenvalue weighted by atomic mass is 10.1. The van der Waals surface area contributed by atoms with Crippen LogP contribution in [0.3, 0.4) is 0 Å². The van der Waals surface area contributed by atoms with Crippen LogP contribution >= 0.6 is 0 Å². The van der Waals surface area contributed by atoms with Crippen molar-refractivity contribution >= 4 is 5.91 Å². The molecule has 3 rings (SSSR count). The lowest BCUT2D eigenvalue weighted by Crippen LogP contribution is -2.48. The predicted octanol–water partition coefficient (Wildman–Crippen LogP) is 2.88. The third-order valence-electron chi connectivity index (χ3n) is 3.60. The van der Waals surface area contributed by atoms with Gasteiger partial charge in [-0.2, -0.15) is 0 Å². The minimum atomic E-state index is -0.0775. The monoisotopic (exact) mass is 271 g/mol. The molecule has 0 spiro atoms. The third-order valence-corrected chi connectivity index (χ3v) is 3.60. The molecule has 1 saturated heterocycles. The summed E-state index contributed by atoms with van der Waals surface area (Å²) in [7, 11) is 0. The summed E-state index contributed by atoms with van der Waals surface area (Å²) in [6, 6.07) is 13.5. The Bertz CT molecular complexity index is 565. The summed E-state index contributed by atoms with van der Waals surface area (Å²) in [5, 5.41) is 0. The molecule has 2 aromatic rings. The van der Waals surface area contributed by atoms with Crippen molar-refractivity contribution in [3.63, 3.8) is 0 Å². The number of benzene rings is 1. The van der Waals surface area contributed by atoms with Crippen LogP contribution in [-0.2, 0) is 4.74 Å². The van der Waals surface area contributed by atoms with Crippen LogP contribution in [-0.4, -0.2) is 30.0 Å². The molecule has 1 fully saturated rings. The molecule has 0 radical (unpaired) electrons. The lowest BCUT2D eigenvalue weighted by Gasteiger charge is -2.37. The van der Waals surface area contributed by atoms with Crippen molar-refractivity contribution in [3.05, 3.63) is 60.1 Å². The van der Waals surface area contributed by atoms with E-state index in [1.807, 2.05) is 42.2 Å². The Hall–Kier alpha value is -2.07. The molecular weight excluding hydrogens is 254 g/mol. The molecule has 20 heavy (non-hydrogen) atoms. The highest BCUT2D eigenvalue weighted by molar-refractivity contribution is 5.91. The number of morpholine rings is 1. The normalized spacial score (nSPS) is 22.8. The minimum absolute atomic E-state index is 0.0487. The Balaban J connectivity index is 1.79. The van der Waals surface area contributed by atoms with E-state index in [1.54, 1.807) is 12.1 Å². The number of amides is 1. The first kappa shape index (κ1) is 12.9. The zero-order valence-electron chi connectivity index (χ0n) is 11.4. The molecule has 1 aromatic carbocycles. The third kappa shape index (κ3) is 2.47. The Morgan fingerprint density at radius 1 is 1.20 bits per heavy atom. The molecular formula is C16H17NO3. The largest absolute Gasteiger partial charge is 0.459 e. The highest BCUT2D eigenvalue weighted by Gasteiger charge is 2.31. The predicted molar refractivity (Wildman–Crippen MR) is 74.3 cm³/mol. The molecule has 1 aliphatic rings. The van der Waals surface area contributed by atoms with E-state index in [0.29, 0.717) is 18.9 Å². The molecule has 1 aromatic heterocycles. The van der Waals surface area contributed by atoms with Gasteiger partial charge in [-0.15, -0.1) is 0 Å². The summed E-state index contributed by atoms with van der Waals surface area (Å²) in [6.45, 7) is 3.07. The molecule has 4 heteroatoms. The SMILES string of the molecule is CC1COC(c2ccccc2)CN1C(=O)c1ccco1. The first-order chi connectivity index (χ1) is 9.75. The van der Waals surface area contributed by atoms with Crippen molar-refractivity contribution < 1.29 is 13.9 Å². The number of hydrogen-bond donors (Lipinski definition) is 0. The van der Waals surface area contributed by atoms with Gasteiger partial charge in [-0.05, 0) is 24.6 Å². The number of carbonyl (C=O) groups is 1. The number of hydrogen-bond acceptors (Lipinski definition) is 3. The summed E-state index contributed by atoms with van der Waals surface area (Å²) in [4.78, 5) is 14.2. The summed E-state index contributed by atoms with van der Waals surface area (Å²) in [6.07, 6.45) is 1.44. The fraction of sp³-hybridized carbons (Fsp3) is 0.312. The van der Waals surface area contributed by atoms with Gasteiger partial charge in [0.1, 0.15) is 6.10 Å². The first-order valence-electron chi connectivity index (χ1n) is 6.76. The molecule has 4 nitrogen and oxygen atoms in total. The van der Waals surface area contributed by atoms with Crippen LogP contribution in [0.5, 0.6) is 0 Å². The van der Waals surface area contributed by atoms with Gasteiger partial charge in [0, 0.05) is 0 Å². The van der Waals surface area contributed by atoms with Gasteiger partial charge in [0.05, 0.1) is 25.5 Å². The second-order valence-corrected chi connectivity index (χ2v) is 5.02. The second kappa shape index (κ2) is 5.51. The van der Waals surface area contributed by atoms with E-state index in [2.05, 4.69) is 0 Å². The molecule has 0 N–H and O–H groups in total. The van der Waals surface area contributed by atoms with Crippen LogP contribution < -0.4 is 0 Å². The van der Waals surface area contributed by atoms with E-state index in [0.717, 1.165) is 5.56 Å². The highest BCUT2D eigenvalue weighted by atomic mass is 16.5. The van der Waals surface area contributed by atoms with Crippen molar-refractivity contribution in [3.8, 4) is 0 Å². The molecule has 2 unspecified atom stereocenters. The Morgan fingerprint density at radius 3 is 2.70 bits per heavy atom. The number of ether oxygens (including phenoxy) is 1. The molecule has 0 bridgehead atoms. The molecule has 2 heterocycles.